The molecule has 218 valence electrons. The van der Waals surface area contributed by atoms with Gasteiger partial charge in [0.1, 0.15) is 22.3 Å². The number of carboxylic acids is 1. The second kappa shape index (κ2) is 10.6. The fourth-order valence-electron chi connectivity index (χ4n) is 5.27. The zero-order chi connectivity index (χ0) is 29.7. The van der Waals surface area contributed by atoms with Crippen LogP contribution in [0.15, 0.2) is 59.5 Å². The molecule has 13 heteroatoms. The lowest BCUT2D eigenvalue weighted by molar-refractivity contribution is -0.139. The predicted octanol–water partition coefficient (Wildman–Crippen LogP) is 6.21. The number of carboxylic acid groups (broad SMARTS) is 1. The molecular weight excluding hydrogens is 561 g/mol. The van der Waals surface area contributed by atoms with E-state index in [1.807, 2.05) is 0 Å². The molecule has 1 aromatic heterocycles. The van der Waals surface area contributed by atoms with Crippen molar-refractivity contribution in [1.82, 2.24) is 19.3 Å². The zero-order valence-corrected chi connectivity index (χ0v) is 23.3. The Morgan fingerprint density at radius 3 is 2.61 bits per heavy atom. The Morgan fingerprint density at radius 1 is 1.17 bits per heavy atom. The highest BCUT2D eigenvalue weighted by Crippen LogP contribution is 2.57. The number of ether oxygens (including phenoxy) is 1. The number of hydrogen-bond donors (Lipinski definition) is 3. The molecule has 41 heavy (non-hydrogen) atoms. The summed E-state index contributed by atoms with van der Waals surface area (Å²) in [5, 5.41) is 17.2. The molecule has 2 atom stereocenters. The lowest BCUT2D eigenvalue weighted by Crippen LogP contribution is -2.33. The third kappa shape index (κ3) is 5.49. The van der Waals surface area contributed by atoms with Gasteiger partial charge in [-0.1, -0.05) is 41.6 Å². The minimum absolute atomic E-state index is 0.0408. The van der Waals surface area contributed by atoms with Crippen molar-refractivity contribution in [2.45, 2.75) is 49.9 Å². The van der Waals surface area contributed by atoms with Gasteiger partial charge in [0.25, 0.3) is 0 Å². The highest BCUT2D eigenvalue weighted by atomic mass is 32.3. The second-order valence-electron chi connectivity index (χ2n) is 10.2. The van der Waals surface area contributed by atoms with Gasteiger partial charge in [-0.05, 0) is 54.3 Å². The Bertz CT molecular complexity index is 1620. The largest absolute Gasteiger partial charge is 0.487 e. The Balaban J connectivity index is 1.60. The van der Waals surface area contributed by atoms with Crippen LogP contribution >= 0.6 is 10.8 Å². The van der Waals surface area contributed by atoms with E-state index < -0.39 is 40.8 Å². The molecule has 0 saturated heterocycles. The van der Waals surface area contributed by atoms with Gasteiger partial charge in [-0.2, -0.15) is 17.5 Å². The third-order valence-electron chi connectivity index (χ3n) is 7.27. The number of nitrogens with zero attached hydrogens (tertiary/aromatic N) is 4. The van der Waals surface area contributed by atoms with E-state index in [1.54, 1.807) is 56.3 Å². The first-order valence-electron chi connectivity index (χ1n) is 12.8. The number of aryl methyl sites for hydroxylation is 2. The Hall–Kier alpha value is -3.65. The molecule has 0 spiro atoms. The molecule has 5 rings (SSSR count). The van der Waals surface area contributed by atoms with E-state index in [9.17, 15) is 32.2 Å². The van der Waals surface area contributed by atoms with Crippen molar-refractivity contribution in [2.24, 2.45) is 7.05 Å². The summed E-state index contributed by atoms with van der Waals surface area (Å²) in [5.74, 6) is -2.07. The molecule has 0 saturated carbocycles. The first kappa shape index (κ1) is 28.9. The molecule has 9 nitrogen and oxygen atoms in total. The Kier molecular flexibility index (Phi) is 7.49. The summed E-state index contributed by atoms with van der Waals surface area (Å²) in [7, 11) is -1.99. The molecule has 2 unspecified atom stereocenters. The maximum Gasteiger partial charge on any atom is 0.418 e. The van der Waals surface area contributed by atoms with Crippen molar-refractivity contribution in [3.8, 4) is 5.75 Å². The number of benzene rings is 3. The lowest BCUT2D eigenvalue weighted by atomic mass is 9.83. The van der Waals surface area contributed by atoms with Gasteiger partial charge in [0.15, 0.2) is 0 Å². The van der Waals surface area contributed by atoms with E-state index in [2.05, 4.69) is 10.3 Å². The molecule has 1 aliphatic rings. The van der Waals surface area contributed by atoms with Crippen molar-refractivity contribution in [3.05, 3.63) is 82.4 Å². The topological polar surface area (TPSA) is 121 Å². The van der Waals surface area contributed by atoms with E-state index in [0.29, 0.717) is 16.9 Å². The van der Waals surface area contributed by atoms with Crippen molar-refractivity contribution >= 4 is 27.8 Å². The van der Waals surface area contributed by atoms with E-state index in [-0.39, 0.29) is 40.7 Å². The standard InChI is InChI=1S/C28H29F3N4O5S/c1-16-8-9-18(12-19(16)15-35-14-17(2)40-23-6-4-5-7-24(23)41(35,38)39)21(13-25(36)37)20-10-11-22-27(32-33-34(22)3)26(20)28(29,30)31/h4-12,17,21,38-39H,13-15H2,1-3H3,(H,36,37). The number of carbonyl (C=O) groups is 1. The van der Waals surface area contributed by atoms with Crippen LogP contribution < -0.4 is 4.74 Å². The molecule has 3 aromatic carbocycles. The average Bonchev–Trinajstić information content (AvgIpc) is 3.23. The molecule has 1 aliphatic heterocycles. The predicted molar refractivity (Wildman–Crippen MR) is 147 cm³/mol. The van der Waals surface area contributed by atoms with Crippen molar-refractivity contribution in [2.75, 3.05) is 6.54 Å². The monoisotopic (exact) mass is 590 g/mol. The van der Waals surface area contributed by atoms with E-state index in [1.165, 1.54) is 28.2 Å². The number of alkyl halides is 3. The minimum atomic E-state index is -4.82. The van der Waals surface area contributed by atoms with Crippen LogP contribution in [-0.2, 0) is 24.6 Å². The summed E-state index contributed by atoms with van der Waals surface area (Å²) < 4.78 is 74.6. The number of rotatable bonds is 6. The SMILES string of the molecule is Cc1ccc(C(CC(=O)O)c2ccc3c(nnn3C)c2C(F)(F)F)cc1CN1CC(C)Oc2ccccc2S1(O)O. The van der Waals surface area contributed by atoms with E-state index >= 15 is 0 Å². The molecule has 3 N–H and O–H groups in total. The van der Waals surface area contributed by atoms with E-state index in [0.717, 1.165) is 5.56 Å². The smallest absolute Gasteiger partial charge is 0.418 e. The van der Waals surface area contributed by atoms with Crippen molar-refractivity contribution in [1.29, 1.82) is 0 Å². The van der Waals surface area contributed by atoms with Gasteiger partial charge in [0.2, 0.25) is 0 Å². The van der Waals surface area contributed by atoms with Gasteiger partial charge in [-0.15, -0.1) is 15.9 Å². The van der Waals surface area contributed by atoms with Gasteiger partial charge < -0.3 is 9.84 Å². The summed E-state index contributed by atoms with van der Waals surface area (Å²) >= 11 is 0. The fourth-order valence-corrected chi connectivity index (χ4v) is 6.93. The number of hydrogen-bond acceptors (Lipinski definition) is 7. The first-order valence-corrected chi connectivity index (χ1v) is 14.3. The van der Waals surface area contributed by atoms with Crippen LogP contribution in [0.3, 0.4) is 0 Å². The molecule has 0 fully saturated rings. The number of fused-ring (bicyclic) bond motifs is 2. The third-order valence-corrected chi connectivity index (χ3v) is 9.20. The molecule has 0 radical (unpaired) electrons. The minimum Gasteiger partial charge on any atom is -0.487 e. The van der Waals surface area contributed by atoms with Gasteiger partial charge >= 0.3 is 12.1 Å². The van der Waals surface area contributed by atoms with Crippen molar-refractivity contribution in [3.63, 3.8) is 0 Å². The van der Waals surface area contributed by atoms with Crippen LogP contribution in [0, 0.1) is 6.92 Å². The van der Waals surface area contributed by atoms with Crippen LogP contribution in [0.4, 0.5) is 13.2 Å². The number of aliphatic carboxylic acids is 1. The molecular formula is C28H29F3N4O5S. The number of para-hydroxylation sites is 1. The van der Waals surface area contributed by atoms with Crippen molar-refractivity contribution < 1.29 is 36.9 Å². The number of aromatic nitrogens is 3. The molecule has 0 bridgehead atoms. The quantitative estimate of drug-likeness (QED) is 0.242. The van der Waals surface area contributed by atoms with Gasteiger partial charge in [0, 0.05) is 19.5 Å². The van der Waals surface area contributed by atoms with Gasteiger partial charge in [0.05, 0.1) is 24.0 Å². The summed E-state index contributed by atoms with van der Waals surface area (Å²) in [6.45, 7) is 3.81. The molecule has 0 aliphatic carbocycles. The van der Waals surface area contributed by atoms with Crippen LogP contribution in [-0.4, -0.2) is 52.1 Å². The normalized spacial score (nSPS) is 18.8. The summed E-state index contributed by atoms with van der Waals surface area (Å²) in [6, 6.07) is 14.3. The fraction of sp³-hybridized carbons (Fsp3) is 0.321. The Labute approximate surface area is 235 Å². The van der Waals surface area contributed by atoms with Crippen LogP contribution in [0.5, 0.6) is 5.75 Å². The maximum absolute atomic E-state index is 14.4. The lowest BCUT2D eigenvalue weighted by Gasteiger charge is -2.42. The first-order chi connectivity index (χ1) is 19.3. The highest BCUT2D eigenvalue weighted by molar-refractivity contribution is 8.22. The molecule has 2 heterocycles. The zero-order valence-electron chi connectivity index (χ0n) is 22.5. The van der Waals surface area contributed by atoms with E-state index in [4.69, 9.17) is 4.74 Å². The summed E-state index contributed by atoms with van der Waals surface area (Å²) in [5.41, 5.74) is 0.272. The maximum atomic E-state index is 14.4. The summed E-state index contributed by atoms with van der Waals surface area (Å²) in [4.78, 5) is 12.2. The number of halogens is 3. The van der Waals surface area contributed by atoms with Crippen LogP contribution in [0.25, 0.3) is 11.0 Å². The van der Waals surface area contributed by atoms with Gasteiger partial charge in [-0.25, -0.2) is 4.68 Å². The second-order valence-corrected chi connectivity index (χ2v) is 12.2. The molecule has 0 amide bonds. The Morgan fingerprint density at radius 2 is 1.90 bits per heavy atom. The van der Waals surface area contributed by atoms with Gasteiger partial charge in [-0.3, -0.25) is 13.9 Å². The summed E-state index contributed by atoms with van der Waals surface area (Å²) in [6.07, 6.45) is -5.81. The average molecular weight is 591 g/mol. The van der Waals surface area contributed by atoms with Crippen LogP contribution in [0.2, 0.25) is 0 Å². The highest BCUT2D eigenvalue weighted by Gasteiger charge is 2.40. The molecule has 4 aromatic rings. The van der Waals surface area contributed by atoms with Crippen LogP contribution in [0.1, 0.15) is 47.1 Å².